The molecule has 3 aromatic rings. The second-order valence-electron chi connectivity index (χ2n) is 10.2. The summed E-state index contributed by atoms with van der Waals surface area (Å²) in [6, 6.07) is 14.4. The number of quaternary nitrogens is 1. The molecule has 1 saturated heterocycles. The van der Waals surface area contributed by atoms with Crippen LogP contribution in [0.1, 0.15) is 35.7 Å². The first-order valence-electron chi connectivity index (χ1n) is 13.4. The number of rotatable bonds is 7. The molecule has 210 valence electrons. The van der Waals surface area contributed by atoms with Crippen LogP contribution in [0.4, 0.5) is 5.69 Å². The Labute approximate surface area is 232 Å². The summed E-state index contributed by atoms with van der Waals surface area (Å²) < 4.78 is 18.0. The Morgan fingerprint density at radius 2 is 1.93 bits per heavy atom. The summed E-state index contributed by atoms with van der Waals surface area (Å²) >= 11 is 0. The topological polar surface area (TPSA) is 131 Å². The fraction of sp³-hybridized carbons (Fsp3) is 0.367. The van der Waals surface area contributed by atoms with Gasteiger partial charge in [-0.1, -0.05) is 24.3 Å². The van der Waals surface area contributed by atoms with Crippen molar-refractivity contribution in [3.8, 4) is 11.5 Å². The Morgan fingerprint density at radius 1 is 1.18 bits per heavy atom. The van der Waals surface area contributed by atoms with E-state index in [1.807, 2.05) is 31.3 Å². The van der Waals surface area contributed by atoms with Crippen LogP contribution in [0, 0.1) is 0 Å². The van der Waals surface area contributed by atoms with Gasteiger partial charge in [-0.05, 0) is 48.0 Å². The van der Waals surface area contributed by atoms with Crippen LogP contribution in [0.3, 0.4) is 0 Å². The number of anilines is 1. The molecule has 2 aliphatic heterocycles. The van der Waals surface area contributed by atoms with Gasteiger partial charge in [0.2, 0.25) is 0 Å². The lowest BCUT2D eigenvalue weighted by Gasteiger charge is -2.41. The zero-order chi connectivity index (χ0) is 28.4. The number of aromatic carboxylic acids is 1. The number of ether oxygens (including phenoxy) is 3. The van der Waals surface area contributed by atoms with Crippen LogP contribution >= 0.6 is 0 Å². The smallest absolute Gasteiger partial charge is 0.335 e. The molecule has 2 amide bonds. The van der Waals surface area contributed by atoms with Gasteiger partial charge in [-0.3, -0.25) is 9.59 Å². The van der Waals surface area contributed by atoms with Crippen molar-refractivity contribution in [3.05, 3.63) is 65.7 Å². The van der Waals surface area contributed by atoms with E-state index in [0.29, 0.717) is 54.2 Å². The molecule has 0 saturated carbocycles. The number of nitrogens with zero attached hydrogens (tertiary/aromatic N) is 1. The lowest BCUT2D eigenvalue weighted by molar-refractivity contribution is -0.646. The van der Waals surface area contributed by atoms with Gasteiger partial charge in [0.05, 0.1) is 45.2 Å². The SMILES string of the molecule is C[NH2+][C@@H](C)C(=O)N[C@@H]1C(=O)N(Cc2c(OC)ccc3cc(C(=O)O)ccc23)c2ccccc2OC12CCOCC2. The number of hydrogen-bond acceptors (Lipinski definition) is 6. The quantitative estimate of drug-likeness (QED) is 0.412. The van der Waals surface area contributed by atoms with Gasteiger partial charge >= 0.3 is 5.97 Å². The number of nitrogens with one attached hydrogen (secondary N) is 1. The average molecular weight is 549 g/mol. The number of carbonyl (C=O) groups is 3. The first-order chi connectivity index (χ1) is 19.3. The average Bonchev–Trinajstić information content (AvgIpc) is 3.05. The highest BCUT2D eigenvalue weighted by atomic mass is 16.5. The third-order valence-electron chi connectivity index (χ3n) is 7.92. The van der Waals surface area contributed by atoms with E-state index in [-0.39, 0.29) is 23.9 Å². The van der Waals surface area contributed by atoms with Gasteiger partial charge in [-0.25, -0.2) is 4.79 Å². The molecular formula is C30H34N3O7+. The maximum Gasteiger partial charge on any atom is 0.335 e. The number of carbonyl (C=O) groups excluding carboxylic acids is 2. The largest absolute Gasteiger partial charge is 0.496 e. The molecule has 10 heteroatoms. The standard InChI is InChI=1S/C30H33N3O7/c1-18(31-2)27(34)32-26-28(35)33(23-6-4-5-7-25(23)40-30(26)12-14-39-15-13-30)17-22-21-10-8-20(29(36)37)16-19(21)9-11-24(22)38-3/h4-11,16,18,26,31H,12-15,17H2,1-3H3,(H,32,34)(H,36,37)/p+1/t18-,26+/m0/s1. The van der Waals surface area contributed by atoms with Crippen LogP contribution in [0.2, 0.25) is 0 Å². The third-order valence-corrected chi connectivity index (χ3v) is 7.92. The predicted molar refractivity (Wildman–Crippen MR) is 148 cm³/mol. The minimum atomic E-state index is -1.02. The van der Waals surface area contributed by atoms with Gasteiger partial charge in [0.15, 0.2) is 6.04 Å². The monoisotopic (exact) mass is 548 g/mol. The Bertz CT molecular complexity index is 1450. The molecule has 4 N–H and O–H groups in total. The molecular weight excluding hydrogens is 514 g/mol. The lowest BCUT2D eigenvalue weighted by Crippen LogP contribution is -2.88. The minimum Gasteiger partial charge on any atom is -0.496 e. The van der Waals surface area contributed by atoms with Gasteiger partial charge in [0.25, 0.3) is 11.8 Å². The number of fused-ring (bicyclic) bond motifs is 2. The first-order valence-corrected chi connectivity index (χ1v) is 13.4. The molecule has 1 spiro atoms. The highest BCUT2D eigenvalue weighted by Gasteiger charge is 2.52. The molecule has 2 atom stereocenters. The van der Waals surface area contributed by atoms with Gasteiger partial charge in [-0.2, -0.15) is 0 Å². The van der Waals surface area contributed by atoms with Crippen LogP contribution in [0.25, 0.3) is 10.8 Å². The Kier molecular flexibility index (Phi) is 7.64. The highest BCUT2D eigenvalue weighted by molar-refractivity contribution is 6.03. The van der Waals surface area contributed by atoms with E-state index < -0.39 is 23.7 Å². The maximum absolute atomic E-state index is 14.6. The van der Waals surface area contributed by atoms with E-state index in [0.717, 1.165) is 5.39 Å². The molecule has 2 heterocycles. The molecule has 0 bridgehead atoms. The number of carboxylic acid groups (broad SMARTS) is 1. The summed E-state index contributed by atoms with van der Waals surface area (Å²) in [5.74, 6) is -0.486. The van der Waals surface area contributed by atoms with Crippen LogP contribution < -0.4 is 25.0 Å². The van der Waals surface area contributed by atoms with Crippen molar-refractivity contribution in [3.63, 3.8) is 0 Å². The van der Waals surface area contributed by atoms with Crippen LogP contribution in [0.15, 0.2) is 54.6 Å². The van der Waals surface area contributed by atoms with Crippen molar-refractivity contribution in [2.75, 3.05) is 32.3 Å². The minimum absolute atomic E-state index is 0.112. The third kappa shape index (κ3) is 4.96. The van der Waals surface area contributed by atoms with Crippen LogP contribution in [-0.2, 0) is 20.9 Å². The summed E-state index contributed by atoms with van der Waals surface area (Å²) in [7, 11) is 3.37. The van der Waals surface area contributed by atoms with Gasteiger partial charge in [-0.15, -0.1) is 0 Å². The highest BCUT2D eigenvalue weighted by Crippen LogP contribution is 2.42. The molecule has 0 aliphatic carbocycles. The van der Waals surface area contributed by atoms with Crippen molar-refractivity contribution < 1.29 is 39.0 Å². The van der Waals surface area contributed by atoms with Crippen molar-refractivity contribution in [2.24, 2.45) is 0 Å². The molecule has 0 radical (unpaired) electrons. The number of methoxy groups -OCH3 is 1. The second-order valence-corrected chi connectivity index (χ2v) is 10.2. The van der Waals surface area contributed by atoms with Crippen molar-refractivity contribution >= 4 is 34.2 Å². The number of para-hydroxylation sites is 2. The van der Waals surface area contributed by atoms with E-state index >= 15 is 0 Å². The molecule has 1 fully saturated rings. The number of nitrogens with two attached hydrogens (primary N) is 1. The van der Waals surface area contributed by atoms with Crippen molar-refractivity contribution in [2.45, 2.75) is 44.0 Å². The van der Waals surface area contributed by atoms with Gasteiger partial charge in [0, 0.05) is 18.4 Å². The Hall–Kier alpha value is -4.15. The zero-order valence-corrected chi connectivity index (χ0v) is 22.8. The Morgan fingerprint density at radius 3 is 2.62 bits per heavy atom. The van der Waals surface area contributed by atoms with Gasteiger partial charge in [0.1, 0.15) is 23.1 Å². The summed E-state index contributed by atoms with van der Waals surface area (Å²) in [5.41, 5.74) is 0.469. The number of amides is 2. The number of benzene rings is 3. The van der Waals surface area contributed by atoms with Gasteiger partial charge < -0.3 is 34.9 Å². The fourth-order valence-corrected chi connectivity index (χ4v) is 5.45. The fourth-order valence-electron chi connectivity index (χ4n) is 5.45. The van der Waals surface area contributed by atoms with Crippen molar-refractivity contribution in [1.82, 2.24) is 5.32 Å². The van der Waals surface area contributed by atoms with E-state index in [4.69, 9.17) is 14.2 Å². The second kappa shape index (κ2) is 11.1. The summed E-state index contributed by atoms with van der Waals surface area (Å²) in [6.45, 7) is 2.70. The zero-order valence-electron chi connectivity index (χ0n) is 22.8. The van der Waals surface area contributed by atoms with Crippen LogP contribution in [0.5, 0.6) is 11.5 Å². The molecule has 3 aromatic carbocycles. The first kappa shape index (κ1) is 27.4. The summed E-state index contributed by atoms with van der Waals surface area (Å²) in [6.07, 6.45) is 0.872. The lowest BCUT2D eigenvalue weighted by atomic mass is 9.84. The molecule has 0 unspecified atom stereocenters. The normalized spacial score (nSPS) is 18.9. The van der Waals surface area contributed by atoms with E-state index in [1.54, 1.807) is 48.5 Å². The summed E-state index contributed by atoms with van der Waals surface area (Å²) in [5, 5.41) is 15.8. The molecule has 5 rings (SSSR count). The van der Waals surface area contributed by atoms with E-state index in [1.165, 1.54) is 6.07 Å². The van der Waals surface area contributed by atoms with Crippen molar-refractivity contribution in [1.29, 1.82) is 0 Å². The Balaban J connectivity index is 1.64. The van der Waals surface area contributed by atoms with E-state index in [9.17, 15) is 19.5 Å². The van der Waals surface area contributed by atoms with E-state index in [2.05, 4.69) is 5.32 Å². The predicted octanol–water partition coefficient (Wildman–Crippen LogP) is 2.09. The molecule has 10 nitrogen and oxygen atoms in total. The van der Waals surface area contributed by atoms with Crippen LogP contribution in [-0.4, -0.2) is 67.9 Å². The number of likely N-dealkylation sites (N-methyl/N-ethyl adjacent to an activating group) is 1. The summed E-state index contributed by atoms with van der Waals surface area (Å²) in [4.78, 5) is 41.0. The maximum atomic E-state index is 14.6. The number of carboxylic acids is 1. The molecule has 40 heavy (non-hydrogen) atoms. The molecule has 2 aliphatic rings. The number of hydrogen-bond donors (Lipinski definition) is 3. The molecule has 0 aromatic heterocycles.